The molecule has 0 aliphatic heterocycles. The lowest BCUT2D eigenvalue weighted by Crippen LogP contribution is -2.23. The van der Waals surface area contributed by atoms with Gasteiger partial charge in [0.05, 0.1) is 12.6 Å². The lowest BCUT2D eigenvalue weighted by Gasteiger charge is -2.04. The Hall–Kier alpha value is -0.800. The van der Waals surface area contributed by atoms with Crippen LogP contribution in [0.4, 0.5) is 0 Å². The minimum absolute atomic E-state index is 0.305. The van der Waals surface area contributed by atoms with Gasteiger partial charge in [0.2, 0.25) is 0 Å². The zero-order chi connectivity index (χ0) is 9.68. The normalized spacial score (nSPS) is 13.2. The molecule has 0 fully saturated rings. The number of aryl methyl sites for hydroxylation is 1. The summed E-state index contributed by atoms with van der Waals surface area (Å²) in [5.41, 5.74) is 0. The first-order valence-corrected chi connectivity index (χ1v) is 4.68. The van der Waals surface area contributed by atoms with Crippen LogP contribution < -0.4 is 5.32 Å². The molecule has 1 aromatic rings. The van der Waals surface area contributed by atoms with E-state index in [2.05, 4.69) is 12.2 Å². The van der Waals surface area contributed by atoms with Crippen LogP contribution >= 0.6 is 0 Å². The Bertz CT molecular complexity index is 243. The molecule has 0 saturated heterocycles. The van der Waals surface area contributed by atoms with Gasteiger partial charge in [0.15, 0.2) is 0 Å². The summed E-state index contributed by atoms with van der Waals surface area (Å²) in [6, 6.07) is 3.95. The molecule has 74 valence electrons. The van der Waals surface area contributed by atoms with E-state index in [9.17, 15) is 0 Å². The lowest BCUT2D eigenvalue weighted by molar-refractivity contribution is 0.190. The molecule has 0 bridgehead atoms. The second-order valence-electron chi connectivity index (χ2n) is 3.20. The van der Waals surface area contributed by atoms with Crippen molar-refractivity contribution < 1.29 is 9.52 Å². The molecule has 0 aliphatic carbocycles. The number of hydrogen-bond donors (Lipinski definition) is 2. The van der Waals surface area contributed by atoms with Gasteiger partial charge in [-0.2, -0.15) is 0 Å². The van der Waals surface area contributed by atoms with E-state index < -0.39 is 0 Å². The van der Waals surface area contributed by atoms with Gasteiger partial charge >= 0.3 is 0 Å². The first-order valence-electron chi connectivity index (χ1n) is 4.68. The second-order valence-corrected chi connectivity index (χ2v) is 3.20. The van der Waals surface area contributed by atoms with Gasteiger partial charge in [0.25, 0.3) is 0 Å². The van der Waals surface area contributed by atoms with Crippen LogP contribution in [0, 0.1) is 0 Å². The molecule has 2 N–H and O–H groups in total. The second kappa shape index (κ2) is 5.04. The molecule has 0 spiro atoms. The summed E-state index contributed by atoms with van der Waals surface area (Å²) in [7, 11) is 0. The SMILES string of the molecule is CCc1ccc(CNC[C@@H](C)O)o1. The molecular weight excluding hydrogens is 166 g/mol. The minimum Gasteiger partial charge on any atom is -0.465 e. The van der Waals surface area contributed by atoms with Crippen molar-refractivity contribution >= 4 is 0 Å². The Morgan fingerprint density at radius 1 is 1.46 bits per heavy atom. The number of furan rings is 1. The number of aliphatic hydroxyl groups is 1. The fourth-order valence-corrected chi connectivity index (χ4v) is 1.11. The summed E-state index contributed by atoms with van der Waals surface area (Å²) < 4.78 is 5.47. The van der Waals surface area contributed by atoms with Crippen molar-refractivity contribution in [3.05, 3.63) is 23.7 Å². The van der Waals surface area contributed by atoms with Gasteiger partial charge in [0.1, 0.15) is 11.5 Å². The average molecular weight is 183 g/mol. The number of nitrogens with one attached hydrogen (secondary N) is 1. The summed E-state index contributed by atoms with van der Waals surface area (Å²) in [4.78, 5) is 0. The van der Waals surface area contributed by atoms with Crippen molar-refractivity contribution in [2.45, 2.75) is 32.9 Å². The van der Waals surface area contributed by atoms with E-state index in [1.165, 1.54) is 0 Å². The van der Waals surface area contributed by atoms with Gasteiger partial charge in [0, 0.05) is 13.0 Å². The summed E-state index contributed by atoms with van der Waals surface area (Å²) in [6.45, 7) is 5.10. The highest BCUT2D eigenvalue weighted by Gasteiger charge is 2.00. The van der Waals surface area contributed by atoms with Crippen LogP contribution in [0.25, 0.3) is 0 Å². The molecule has 0 unspecified atom stereocenters. The third-order valence-electron chi connectivity index (χ3n) is 1.80. The fraction of sp³-hybridized carbons (Fsp3) is 0.600. The van der Waals surface area contributed by atoms with Crippen LogP contribution in [0.2, 0.25) is 0 Å². The Balaban J connectivity index is 2.28. The van der Waals surface area contributed by atoms with E-state index in [-0.39, 0.29) is 6.10 Å². The number of aliphatic hydroxyl groups excluding tert-OH is 1. The molecule has 0 aromatic carbocycles. The maximum atomic E-state index is 8.99. The highest BCUT2D eigenvalue weighted by atomic mass is 16.3. The van der Waals surface area contributed by atoms with Crippen LogP contribution in [0.3, 0.4) is 0 Å². The summed E-state index contributed by atoms with van der Waals surface area (Å²) in [5.74, 6) is 1.94. The summed E-state index contributed by atoms with van der Waals surface area (Å²) in [5, 5.41) is 12.1. The van der Waals surface area contributed by atoms with Crippen molar-refractivity contribution in [1.29, 1.82) is 0 Å². The van der Waals surface area contributed by atoms with Gasteiger partial charge in [-0.15, -0.1) is 0 Å². The van der Waals surface area contributed by atoms with E-state index >= 15 is 0 Å². The molecule has 0 radical (unpaired) electrons. The van der Waals surface area contributed by atoms with E-state index in [0.29, 0.717) is 13.1 Å². The molecule has 0 saturated carbocycles. The van der Waals surface area contributed by atoms with E-state index in [0.717, 1.165) is 17.9 Å². The Labute approximate surface area is 78.8 Å². The molecule has 3 heteroatoms. The predicted octanol–water partition coefficient (Wildman–Crippen LogP) is 1.31. The molecule has 13 heavy (non-hydrogen) atoms. The third-order valence-corrected chi connectivity index (χ3v) is 1.80. The average Bonchev–Trinajstić information content (AvgIpc) is 2.52. The van der Waals surface area contributed by atoms with Crippen LogP contribution in [-0.4, -0.2) is 17.8 Å². The summed E-state index contributed by atoms with van der Waals surface area (Å²) in [6.07, 6.45) is 0.622. The van der Waals surface area contributed by atoms with Crippen molar-refractivity contribution in [3.8, 4) is 0 Å². The van der Waals surface area contributed by atoms with Gasteiger partial charge in [-0.3, -0.25) is 0 Å². The van der Waals surface area contributed by atoms with Crippen molar-refractivity contribution in [2.24, 2.45) is 0 Å². The largest absolute Gasteiger partial charge is 0.465 e. The van der Waals surface area contributed by atoms with Crippen molar-refractivity contribution in [2.75, 3.05) is 6.54 Å². The highest BCUT2D eigenvalue weighted by Crippen LogP contribution is 2.07. The number of rotatable bonds is 5. The standard InChI is InChI=1S/C10H17NO2/c1-3-9-4-5-10(13-9)7-11-6-8(2)12/h4-5,8,11-12H,3,6-7H2,1-2H3/t8-/m1/s1. The van der Waals surface area contributed by atoms with E-state index in [1.807, 2.05) is 12.1 Å². The molecule has 0 amide bonds. The fourth-order valence-electron chi connectivity index (χ4n) is 1.11. The van der Waals surface area contributed by atoms with Gasteiger partial charge in [-0.05, 0) is 19.1 Å². The molecule has 0 aliphatic rings. The molecule has 1 rings (SSSR count). The molecule has 1 atom stereocenters. The Morgan fingerprint density at radius 2 is 2.15 bits per heavy atom. The predicted molar refractivity (Wildman–Crippen MR) is 51.5 cm³/mol. The number of hydrogen-bond acceptors (Lipinski definition) is 3. The van der Waals surface area contributed by atoms with Crippen LogP contribution in [0.5, 0.6) is 0 Å². The first-order chi connectivity index (χ1) is 6.22. The van der Waals surface area contributed by atoms with Gasteiger partial charge in [-0.1, -0.05) is 6.92 Å². The van der Waals surface area contributed by atoms with Crippen molar-refractivity contribution in [3.63, 3.8) is 0 Å². The lowest BCUT2D eigenvalue weighted by atomic mass is 10.3. The molecule has 3 nitrogen and oxygen atoms in total. The smallest absolute Gasteiger partial charge is 0.117 e. The molecular formula is C10H17NO2. The minimum atomic E-state index is -0.305. The van der Waals surface area contributed by atoms with Crippen LogP contribution in [0.15, 0.2) is 16.5 Å². The first kappa shape index (κ1) is 10.3. The zero-order valence-electron chi connectivity index (χ0n) is 8.21. The van der Waals surface area contributed by atoms with Crippen LogP contribution in [-0.2, 0) is 13.0 Å². The monoisotopic (exact) mass is 183 g/mol. The van der Waals surface area contributed by atoms with Gasteiger partial charge in [-0.25, -0.2) is 0 Å². The maximum Gasteiger partial charge on any atom is 0.117 e. The molecule has 1 heterocycles. The van der Waals surface area contributed by atoms with E-state index in [1.54, 1.807) is 6.92 Å². The zero-order valence-corrected chi connectivity index (χ0v) is 8.21. The molecule has 1 aromatic heterocycles. The quantitative estimate of drug-likeness (QED) is 0.723. The Kier molecular flexibility index (Phi) is 3.99. The van der Waals surface area contributed by atoms with Crippen LogP contribution in [0.1, 0.15) is 25.4 Å². The Morgan fingerprint density at radius 3 is 2.69 bits per heavy atom. The highest BCUT2D eigenvalue weighted by molar-refractivity contribution is 5.06. The van der Waals surface area contributed by atoms with Crippen molar-refractivity contribution in [1.82, 2.24) is 5.32 Å². The topological polar surface area (TPSA) is 45.4 Å². The maximum absolute atomic E-state index is 8.99. The van der Waals surface area contributed by atoms with Gasteiger partial charge < -0.3 is 14.8 Å². The summed E-state index contributed by atoms with van der Waals surface area (Å²) >= 11 is 0. The van der Waals surface area contributed by atoms with E-state index in [4.69, 9.17) is 9.52 Å². The third kappa shape index (κ3) is 3.61.